The molecule has 0 saturated carbocycles. The molecule has 1 aliphatic heterocycles. The molecule has 6 atom stereocenters. The minimum Gasteiger partial charge on any atom is -0.394 e. The molecule has 224 valence electrons. The Balaban J connectivity index is 1.65. The minimum atomic E-state index is -1.62. The Bertz CT molecular complexity index is 1300. The lowest BCUT2D eigenvalue weighted by molar-refractivity contribution is -0.179. The van der Waals surface area contributed by atoms with E-state index in [1.54, 1.807) is 13.8 Å². The van der Waals surface area contributed by atoms with E-state index < -0.39 is 64.7 Å². The highest BCUT2D eigenvalue weighted by atomic mass is 32.2. The second-order valence-corrected chi connectivity index (χ2v) is 12.1. The van der Waals surface area contributed by atoms with Crippen molar-refractivity contribution in [2.45, 2.75) is 87.1 Å². The van der Waals surface area contributed by atoms with E-state index in [9.17, 15) is 33.6 Å². The SMILES string of the molecule is CCCCCc1ccccc1[C@@H](S[C@@H]1O[C@H](CO)[C@H](O)[C@H](n2cc(-c3cc(F)c(F)c(F)c3)nn2)[C@H]1O)C(C)(C)O. The monoisotopic (exact) mass is 595 g/mol. The number of aromatic nitrogens is 3. The van der Waals surface area contributed by atoms with Crippen LogP contribution in [0.15, 0.2) is 42.6 Å². The van der Waals surface area contributed by atoms with Crippen molar-refractivity contribution in [1.82, 2.24) is 15.0 Å². The maximum absolute atomic E-state index is 13.8. The number of nitrogens with zero attached hydrogens (tertiary/aromatic N) is 3. The van der Waals surface area contributed by atoms with Crippen LogP contribution < -0.4 is 0 Å². The number of hydrogen-bond acceptors (Lipinski definition) is 8. The molecule has 0 unspecified atom stereocenters. The third kappa shape index (κ3) is 6.95. The van der Waals surface area contributed by atoms with Crippen molar-refractivity contribution in [3.05, 3.63) is 71.2 Å². The number of halogens is 3. The largest absolute Gasteiger partial charge is 0.394 e. The van der Waals surface area contributed by atoms with E-state index in [2.05, 4.69) is 17.2 Å². The zero-order valence-electron chi connectivity index (χ0n) is 23.1. The van der Waals surface area contributed by atoms with Gasteiger partial charge in [0.2, 0.25) is 0 Å². The molecule has 1 aromatic heterocycles. The summed E-state index contributed by atoms with van der Waals surface area (Å²) in [5.74, 6) is -4.41. The second-order valence-electron chi connectivity index (χ2n) is 10.9. The highest BCUT2D eigenvalue weighted by Gasteiger charge is 2.48. The maximum Gasteiger partial charge on any atom is 0.194 e. The first-order valence-corrected chi connectivity index (χ1v) is 14.5. The molecular formula is C29H36F3N3O5S. The molecule has 0 spiro atoms. The van der Waals surface area contributed by atoms with Crippen LogP contribution in [0.25, 0.3) is 11.3 Å². The predicted octanol–water partition coefficient (Wildman–Crippen LogP) is 4.32. The first kappa shape index (κ1) is 31.5. The first-order valence-electron chi connectivity index (χ1n) is 13.6. The van der Waals surface area contributed by atoms with Gasteiger partial charge in [0.1, 0.15) is 35.5 Å². The molecule has 0 aliphatic carbocycles. The van der Waals surface area contributed by atoms with E-state index in [-0.39, 0.29) is 11.3 Å². The summed E-state index contributed by atoms with van der Waals surface area (Å²) >= 11 is 1.17. The van der Waals surface area contributed by atoms with Crippen LogP contribution in [0.1, 0.15) is 62.5 Å². The summed E-state index contributed by atoms with van der Waals surface area (Å²) in [6.07, 6.45) is 1.26. The van der Waals surface area contributed by atoms with Crippen molar-refractivity contribution < 1.29 is 38.3 Å². The van der Waals surface area contributed by atoms with E-state index in [0.717, 1.165) is 53.6 Å². The summed E-state index contributed by atoms with van der Waals surface area (Å²) in [5, 5.41) is 51.0. The number of benzene rings is 2. The summed E-state index contributed by atoms with van der Waals surface area (Å²) in [6.45, 7) is 4.89. The van der Waals surface area contributed by atoms with Crippen LogP contribution in [0, 0.1) is 17.5 Å². The zero-order chi connectivity index (χ0) is 29.9. The molecule has 3 aromatic rings. The molecule has 12 heteroatoms. The van der Waals surface area contributed by atoms with Crippen molar-refractivity contribution in [2.24, 2.45) is 0 Å². The second kappa shape index (κ2) is 13.2. The number of rotatable bonds is 11. The smallest absolute Gasteiger partial charge is 0.194 e. The first-order chi connectivity index (χ1) is 19.5. The Morgan fingerprint density at radius 1 is 1.07 bits per heavy atom. The van der Waals surface area contributed by atoms with Gasteiger partial charge in [-0.3, -0.25) is 0 Å². The number of thioether (sulfide) groups is 1. The molecule has 1 aliphatic rings. The van der Waals surface area contributed by atoms with E-state index >= 15 is 0 Å². The summed E-state index contributed by atoms with van der Waals surface area (Å²) < 4.78 is 48.2. The van der Waals surface area contributed by atoms with Gasteiger partial charge in [-0.15, -0.1) is 16.9 Å². The van der Waals surface area contributed by atoms with Gasteiger partial charge in [-0.2, -0.15) is 0 Å². The number of unbranched alkanes of at least 4 members (excludes halogenated alkanes) is 2. The van der Waals surface area contributed by atoms with Crippen molar-refractivity contribution in [3.63, 3.8) is 0 Å². The van der Waals surface area contributed by atoms with Crippen LogP contribution in [-0.4, -0.2) is 71.4 Å². The summed E-state index contributed by atoms with van der Waals surface area (Å²) in [4.78, 5) is 0. The van der Waals surface area contributed by atoms with Gasteiger partial charge < -0.3 is 25.2 Å². The van der Waals surface area contributed by atoms with Gasteiger partial charge in [0.25, 0.3) is 0 Å². The van der Waals surface area contributed by atoms with Crippen molar-refractivity contribution in [3.8, 4) is 11.3 Å². The molecule has 8 nitrogen and oxygen atoms in total. The van der Waals surface area contributed by atoms with E-state index in [4.69, 9.17) is 4.74 Å². The van der Waals surface area contributed by atoms with Crippen LogP contribution in [0.5, 0.6) is 0 Å². The van der Waals surface area contributed by atoms with Crippen molar-refractivity contribution in [1.29, 1.82) is 0 Å². The summed E-state index contributed by atoms with van der Waals surface area (Å²) in [7, 11) is 0. The standard InChI is InChI=1S/C29H36F3N3O5S/c1-4-5-6-9-16-10-7-8-11-18(16)27(29(2,3)39)41-28-26(38)24(25(37)22(15-36)40-28)35-14-21(33-34-35)17-12-19(30)23(32)20(31)13-17/h7-8,10-14,22,24-28,36-39H,4-6,9,15H2,1-3H3/t22-,24+,25+,26-,27-,28+/m1/s1. The quantitative estimate of drug-likeness (QED) is 0.191. The molecule has 0 amide bonds. The normalized spacial score (nSPS) is 24.0. The lowest BCUT2D eigenvalue weighted by Gasteiger charge is -2.44. The van der Waals surface area contributed by atoms with Gasteiger partial charge in [0.15, 0.2) is 17.5 Å². The fourth-order valence-electron chi connectivity index (χ4n) is 5.09. The van der Waals surface area contributed by atoms with Crippen LogP contribution >= 0.6 is 11.8 Å². The average Bonchev–Trinajstić information content (AvgIpc) is 3.41. The van der Waals surface area contributed by atoms with Gasteiger partial charge >= 0.3 is 0 Å². The molecule has 0 radical (unpaired) electrons. The number of aryl methyl sites for hydroxylation is 1. The van der Waals surface area contributed by atoms with Crippen LogP contribution in [0.4, 0.5) is 13.2 Å². The average molecular weight is 596 g/mol. The molecule has 1 saturated heterocycles. The van der Waals surface area contributed by atoms with Gasteiger partial charge in [-0.05, 0) is 49.9 Å². The van der Waals surface area contributed by atoms with Gasteiger partial charge in [0, 0.05) is 5.56 Å². The lowest BCUT2D eigenvalue weighted by Crippen LogP contribution is -2.55. The molecule has 2 aromatic carbocycles. The third-order valence-corrected chi connectivity index (χ3v) is 9.00. The number of ether oxygens (including phenoxy) is 1. The Morgan fingerprint density at radius 2 is 1.76 bits per heavy atom. The predicted molar refractivity (Wildman–Crippen MR) is 148 cm³/mol. The molecule has 4 rings (SSSR count). The topological polar surface area (TPSA) is 121 Å². The molecule has 1 fully saturated rings. The fourth-order valence-corrected chi connectivity index (χ4v) is 6.60. The molecule has 41 heavy (non-hydrogen) atoms. The van der Waals surface area contributed by atoms with Gasteiger partial charge in [-0.25, -0.2) is 17.9 Å². The number of aliphatic hydroxyl groups is 4. The zero-order valence-corrected chi connectivity index (χ0v) is 23.9. The van der Waals surface area contributed by atoms with Crippen molar-refractivity contribution >= 4 is 11.8 Å². The molecular weight excluding hydrogens is 559 g/mol. The summed E-state index contributed by atoms with van der Waals surface area (Å²) in [5.41, 5.74) is -0.409. The van der Waals surface area contributed by atoms with Crippen LogP contribution in [0.2, 0.25) is 0 Å². The minimum absolute atomic E-state index is 0.0196. The van der Waals surface area contributed by atoms with E-state index in [1.165, 1.54) is 18.0 Å². The molecule has 2 heterocycles. The third-order valence-electron chi connectivity index (χ3n) is 7.24. The Labute approximate surface area is 241 Å². The van der Waals surface area contributed by atoms with Crippen molar-refractivity contribution in [2.75, 3.05) is 6.61 Å². The Morgan fingerprint density at radius 3 is 2.39 bits per heavy atom. The van der Waals surface area contributed by atoms with Crippen LogP contribution in [-0.2, 0) is 11.2 Å². The van der Waals surface area contributed by atoms with E-state index in [1.807, 2.05) is 24.3 Å². The maximum atomic E-state index is 13.8. The highest BCUT2D eigenvalue weighted by Crippen LogP contribution is 2.47. The number of aliphatic hydroxyl groups excluding tert-OH is 3. The Hall–Kier alpha value is -2.48. The van der Waals surface area contributed by atoms with Gasteiger partial charge in [0.05, 0.1) is 23.7 Å². The number of hydrogen-bond donors (Lipinski definition) is 4. The molecule has 4 N–H and O–H groups in total. The summed E-state index contributed by atoms with van der Waals surface area (Å²) in [6, 6.07) is 8.15. The van der Waals surface area contributed by atoms with E-state index in [0.29, 0.717) is 0 Å². The van der Waals surface area contributed by atoms with Crippen LogP contribution in [0.3, 0.4) is 0 Å². The fraction of sp³-hybridized carbons (Fsp3) is 0.517. The lowest BCUT2D eigenvalue weighted by atomic mass is 9.92. The van der Waals surface area contributed by atoms with Gasteiger partial charge in [-0.1, -0.05) is 49.2 Å². The highest BCUT2D eigenvalue weighted by molar-refractivity contribution is 8.00. The Kier molecular flexibility index (Phi) is 10.1. The molecule has 0 bridgehead atoms.